The predicted octanol–water partition coefficient (Wildman–Crippen LogP) is 0.772. The lowest BCUT2D eigenvalue weighted by atomic mass is 10.1. The molecule has 6 heteroatoms. The Balaban J connectivity index is 2.66. The third kappa shape index (κ3) is 4.73. The molecule has 5 nitrogen and oxygen atoms in total. The molecule has 0 aromatic heterocycles. The Morgan fingerprint density at radius 1 is 1.33 bits per heavy atom. The summed E-state index contributed by atoms with van der Waals surface area (Å²) in [6.45, 7) is 2.48. The number of methoxy groups -OCH3 is 1. The number of hydrogen-bond acceptors (Lipinski definition) is 4. The van der Waals surface area contributed by atoms with Crippen molar-refractivity contribution in [3.63, 3.8) is 0 Å². The number of nitrogens with two attached hydrogens (primary N) is 1. The first-order valence-electron chi connectivity index (χ1n) is 5.76. The summed E-state index contributed by atoms with van der Waals surface area (Å²) < 4.78 is 30.7. The molecule has 0 heterocycles. The minimum absolute atomic E-state index is 0.0330. The maximum Gasteiger partial charge on any atom is 0.214 e. The van der Waals surface area contributed by atoms with Crippen LogP contribution in [0.4, 0.5) is 0 Å². The van der Waals surface area contributed by atoms with Gasteiger partial charge in [-0.05, 0) is 18.1 Å². The van der Waals surface area contributed by atoms with Crippen molar-refractivity contribution in [1.29, 1.82) is 0 Å². The Morgan fingerprint density at radius 3 is 2.44 bits per heavy atom. The fourth-order valence-corrected chi connectivity index (χ4v) is 2.71. The average Bonchev–Trinajstić information content (AvgIpc) is 2.36. The summed E-state index contributed by atoms with van der Waals surface area (Å²) >= 11 is 0. The molecule has 1 aromatic carbocycles. The third-order valence-corrected chi connectivity index (χ3v) is 4.04. The van der Waals surface area contributed by atoms with Crippen LogP contribution >= 0.6 is 0 Å². The van der Waals surface area contributed by atoms with E-state index < -0.39 is 10.0 Å². The summed E-state index contributed by atoms with van der Waals surface area (Å²) in [5.41, 5.74) is 7.44. The predicted molar refractivity (Wildman–Crippen MR) is 71.5 cm³/mol. The van der Waals surface area contributed by atoms with E-state index in [0.29, 0.717) is 6.54 Å². The first-order valence-corrected chi connectivity index (χ1v) is 7.41. The van der Waals surface area contributed by atoms with Gasteiger partial charge in [0.25, 0.3) is 0 Å². The molecule has 0 spiro atoms. The zero-order chi connectivity index (χ0) is 13.6. The van der Waals surface area contributed by atoms with Gasteiger partial charge in [0.1, 0.15) is 0 Å². The molecule has 0 saturated heterocycles. The van der Waals surface area contributed by atoms with Crippen molar-refractivity contribution in [3.05, 3.63) is 35.4 Å². The molecule has 102 valence electrons. The van der Waals surface area contributed by atoms with Crippen LogP contribution in [-0.4, -0.2) is 27.9 Å². The van der Waals surface area contributed by atoms with Crippen molar-refractivity contribution in [3.8, 4) is 0 Å². The van der Waals surface area contributed by atoms with Gasteiger partial charge in [0.15, 0.2) is 0 Å². The molecule has 0 fully saturated rings. The van der Waals surface area contributed by atoms with E-state index >= 15 is 0 Å². The third-order valence-electron chi connectivity index (χ3n) is 2.63. The number of benzene rings is 1. The minimum Gasteiger partial charge on any atom is -0.384 e. The molecule has 3 N–H and O–H groups in total. The fraction of sp³-hybridized carbons (Fsp3) is 0.500. The normalized spacial score (nSPS) is 13.5. The zero-order valence-electron chi connectivity index (χ0n) is 10.7. The molecule has 1 atom stereocenters. The van der Waals surface area contributed by atoms with E-state index in [1.807, 2.05) is 31.2 Å². The number of hydrogen-bond donors (Lipinski definition) is 2. The van der Waals surface area contributed by atoms with Gasteiger partial charge in [0.2, 0.25) is 10.0 Å². The van der Waals surface area contributed by atoms with Gasteiger partial charge in [-0.25, -0.2) is 13.1 Å². The van der Waals surface area contributed by atoms with Crippen molar-refractivity contribution in [1.82, 2.24) is 4.72 Å². The SMILES string of the molecule is COCCS(=O)(=O)NC(C)c1ccc(CN)cc1. The maximum absolute atomic E-state index is 11.7. The lowest BCUT2D eigenvalue weighted by Gasteiger charge is -2.14. The van der Waals surface area contributed by atoms with Crippen LogP contribution in [0, 0.1) is 0 Å². The molecule has 0 aliphatic carbocycles. The van der Waals surface area contributed by atoms with Crippen LogP contribution in [-0.2, 0) is 21.3 Å². The summed E-state index contributed by atoms with van der Waals surface area (Å²) in [5, 5.41) is 0. The van der Waals surface area contributed by atoms with E-state index in [0.717, 1.165) is 11.1 Å². The highest BCUT2D eigenvalue weighted by molar-refractivity contribution is 7.89. The second-order valence-electron chi connectivity index (χ2n) is 4.10. The van der Waals surface area contributed by atoms with Crippen LogP contribution < -0.4 is 10.5 Å². The Kier molecular flexibility index (Phi) is 5.74. The highest BCUT2D eigenvalue weighted by atomic mass is 32.2. The van der Waals surface area contributed by atoms with Crippen molar-refractivity contribution in [2.24, 2.45) is 5.73 Å². The molecule has 18 heavy (non-hydrogen) atoms. The van der Waals surface area contributed by atoms with Crippen LogP contribution in [0.3, 0.4) is 0 Å². The fourth-order valence-electron chi connectivity index (χ4n) is 1.53. The zero-order valence-corrected chi connectivity index (χ0v) is 11.5. The maximum atomic E-state index is 11.7. The molecule has 0 radical (unpaired) electrons. The van der Waals surface area contributed by atoms with Crippen molar-refractivity contribution in [2.75, 3.05) is 19.5 Å². The summed E-state index contributed by atoms with van der Waals surface area (Å²) in [4.78, 5) is 0. The lowest BCUT2D eigenvalue weighted by molar-refractivity contribution is 0.216. The summed E-state index contributed by atoms with van der Waals surface area (Å²) in [6.07, 6.45) is 0. The van der Waals surface area contributed by atoms with E-state index in [-0.39, 0.29) is 18.4 Å². The summed E-state index contributed by atoms with van der Waals surface area (Å²) in [7, 11) is -1.83. The summed E-state index contributed by atoms with van der Waals surface area (Å²) in [5.74, 6) is -0.0330. The van der Waals surface area contributed by atoms with E-state index in [2.05, 4.69) is 4.72 Å². The highest BCUT2D eigenvalue weighted by Gasteiger charge is 2.15. The Hall–Kier alpha value is -0.950. The van der Waals surface area contributed by atoms with Crippen LogP contribution in [0.15, 0.2) is 24.3 Å². The van der Waals surface area contributed by atoms with Crippen molar-refractivity contribution < 1.29 is 13.2 Å². The van der Waals surface area contributed by atoms with E-state index in [9.17, 15) is 8.42 Å². The number of rotatable bonds is 7. The van der Waals surface area contributed by atoms with Gasteiger partial charge in [-0.3, -0.25) is 0 Å². The molecule has 1 rings (SSSR count). The first-order chi connectivity index (χ1) is 8.48. The van der Waals surface area contributed by atoms with Crippen LogP contribution in [0.1, 0.15) is 24.1 Å². The van der Waals surface area contributed by atoms with Crippen LogP contribution in [0.5, 0.6) is 0 Å². The second-order valence-corrected chi connectivity index (χ2v) is 5.97. The van der Waals surface area contributed by atoms with E-state index in [4.69, 9.17) is 10.5 Å². The standard InChI is InChI=1S/C12H20N2O3S/c1-10(14-18(15,16)8-7-17-2)12-5-3-11(9-13)4-6-12/h3-6,10,14H,7-9,13H2,1-2H3. The summed E-state index contributed by atoms with van der Waals surface area (Å²) in [6, 6.07) is 7.29. The van der Waals surface area contributed by atoms with Crippen molar-refractivity contribution in [2.45, 2.75) is 19.5 Å². The van der Waals surface area contributed by atoms with Crippen LogP contribution in [0.25, 0.3) is 0 Å². The molecule has 0 aliphatic rings. The Morgan fingerprint density at radius 2 is 1.94 bits per heavy atom. The Labute approximate surface area is 108 Å². The lowest BCUT2D eigenvalue weighted by Crippen LogP contribution is -2.30. The second kappa shape index (κ2) is 6.84. The molecule has 0 saturated carbocycles. The molecule has 1 aromatic rings. The molecule has 1 unspecified atom stereocenters. The van der Waals surface area contributed by atoms with E-state index in [1.54, 1.807) is 0 Å². The number of nitrogens with one attached hydrogen (secondary N) is 1. The quantitative estimate of drug-likeness (QED) is 0.768. The average molecular weight is 272 g/mol. The van der Waals surface area contributed by atoms with Crippen LogP contribution in [0.2, 0.25) is 0 Å². The van der Waals surface area contributed by atoms with E-state index in [1.165, 1.54) is 7.11 Å². The van der Waals surface area contributed by atoms with Gasteiger partial charge in [-0.1, -0.05) is 24.3 Å². The van der Waals surface area contributed by atoms with Gasteiger partial charge >= 0.3 is 0 Å². The first kappa shape index (κ1) is 15.1. The van der Waals surface area contributed by atoms with Crippen molar-refractivity contribution >= 4 is 10.0 Å². The molecular formula is C12H20N2O3S. The smallest absolute Gasteiger partial charge is 0.214 e. The number of sulfonamides is 1. The number of ether oxygens (including phenoxy) is 1. The monoisotopic (exact) mass is 272 g/mol. The van der Waals surface area contributed by atoms with Gasteiger partial charge < -0.3 is 10.5 Å². The van der Waals surface area contributed by atoms with Gasteiger partial charge in [0.05, 0.1) is 12.4 Å². The molecule has 0 amide bonds. The molecular weight excluding hydrogens is 252 g/mol. The largest absolute Gasteiger partial charge is 0.384 e. The van der Waals surface area contributed by atoms with Gasteiger partial charge in [-0.15, -0.1) is 0 Å². The molecule has 0 bridgehead atoms. The molecule has 0 aliphatic heterocycles. The minimum atomic E-state index is -3.31. The highest BCUT2D eigenvalue weighted by Crippen LogP contribution is 2.14. The topological polar surface area (TPSA) is 81.4 Å². The van der Waals surface area contributed by atoms with Gasteiger partial charge in [-0.2, -0.15) is 0 Å². The Bertz CT molecular complexity index is 457. The van der Waals surface area contributed by atoms with Gasteiger partial charge in [0, 0.05) is 19.7 Å².